The average molecular weight is 246 g/mol. The first-order chi connectivity index (χ1) is 6.79. The van der Waals surface area contributed by atoms with E-state index in [0.29, 0.717) is 9.92 Å². The van der Waals surface area contributed by atoms with E-state index in [-0.39, 0.29) is 5.54 Å². The summed E-state index contributed by atoms with van der Waals surface area (Å²) < 4.78 is 14.9. The third-order valence-electron chi connectivity index (χ3n) is 1.76. The Hall–Kier alpha value is -0.380. The number of hydrogen-bond acceptors (Lipinski definition) is 1. The van der Waals surface area contributed by atoms with Crippen LogP contribution in [0.25, 0.3) is 0 Å². The van der Waals surface area contributed by atoms with E-state index in [1.54, 1.807) is 6.07 Å². The molecule has 0 aromatic heterocycles. The van der Waals surface area contributed by atoms with Gasteiger partial charge in [-0.05, 0) is 45.4 Å². The van der Waals surface area contributed by atoms with Gasteiger partial charge < -0.3 is 0 Å². The third kappa shape index (κ3) is 3.93. The van der Waals surface area contributed by atoms with Crippen molar-refractivity contribution in [1.29, 1.82) is 0 Å². The SMILES string of the molecule is Cc1ccc(S(=O)NC(C)(C)C)cc1Cl. The molecule has 0 aliphatic carbocycles. The molecule has 84 valence electrons. The molecule has 0 radical (unpaired) electrons. The van der Waals surface area contributed by atoms with Gasteiger partial charge in [-0.3, -0.25) is 0 Å². The second-order valence-corrected chi connectivity index (χ2v) is 6.15. The standard InChI is InChI=1S/C11H16ClNOS/c1-8-5-6-9(7-10(8)12)15(14)13-11(2,3)4/h5-7,13H,1-4H3. The van der Waals surface area contributed by atoms with Gasteiger partial charge in [0.15, 0.2) is 0 Å². The fourth-order valence-corrected chi connectivity index (χ4v) is 2.36. The Kier molecular flexibility index (Phi) is 3.93. The molecule has 0 bridgehead atoms. The predicted octanol–water partition coefficient (Wildman–Crippen LogP) is 3.06. The van der Waals surface area contributed by atoms with E-state index < -0.39 is 11.0 Å². The lowest BCUT2D eigenvalue weighted by Gasteiger charge is -2.19. The Morgan fingerprint density at radius 2 is 1.93 bits per heavy atom. The van der Waals surface area contributed by atoms with E-state index in [2.05, 4.69) is 4.72 Å². The van der Waals surface area contributed by atoms with E-state index >= 15 is 0 Å². The normalized spacial score (nSPS) is 13.9. The molecule has 1 aromatic carbocycles. The Morgan fingerprint density at radius 3 is 2.40 bits per heavy atom. The Balaban J connectivity index is 2.88. The van der Waals surface area contributed by atoms with Crippen molar-refractivity contribution in [3.05, 3.63) is 28.8 Å². The van der Waals surface area contributed by atoms with Crippen molar-refractivity contribution in [1.82, 2.24) is 4.72 Å². The first kappa shape index (κ1) is 12.7. The van der Waals surface area contributed by atoms with Gasteiger partial charge in [0, 0.05) is 10.6 Å². The monoisotopic (exact) mass is 245 g/mol. The van der Waals surface area contributed by atoms with Crippen LogP contribution >= 0.6 is 11.6 Å². The Bertz CT molecular complexity index is 385. The zero-order chi connectivity index (χ0) is 11.6. The van der Waals surface area contributed by atoms with Crippen molar-refractivity contribution < 1.29 is 4.21 Å². The minimum Gasteiger partial charge on any atom is -0.237 e. The second kappa shape index (κ2) is 4.64. The van der Waals surface area contributed by atoms with Crippen molar-refractivity contribution in [3.63, 3.8) is 0 Å². The fourth-order valence-electron chi connectivity index (χ4n) is 1.03. The molecule has 15 heavy (non-hydrogen) atoms. The maximum absolute atomic E-state index is 11.9. The first-order valence-corrected chi connectivity index (χ1v) is 6.28. The van der Waals surface area contributed by atoms with Crippen LogP contribution in [-0.2, 0) is 11.0 Å². The van der Waals surface area contributed by atoms with Crippen LogP contribution in [0.2, 0.25) is 5.02 Å². The molecule has 1 unspecified atom stereocenters. The van der Waals surface area contributed by atoms with E-state index in [1.807, 2.05) is 39.8 Å². The first-order valence-electron chi connectivity index (χ1n) is 4.75. The highest BCUT2D eigenvalue weighted by molar-refractivity contribution is 7.83. The molecular formula is C11H16ClNOS. The van der Waals surface area contributed by atoms with Gasteiger partial charge in [-0.25, -0.2) is 8.93 Å². The molecule has 2 nitrogen and oxygen atoms in total. The molecule has 0 spiro atoms. The van der Waals surface area contributed by atoms with Crippen LogP contribution in [0.5, 0.6) is 0 Å². The van der Waals surface area contributed by atoms with Gasteiger partial charge in [0.2, 0.25) is 0 Å². The minimum absolute atomic E-state index is 0.178. The van der Waals surface area contributed by atoms with Crippen LogP contribution in [0.1, 0.15) is 26.3 Å². The summed E-state index contributed by atoms with van der Waals surface area (Å²) in [5.74, 6) is 0. The molecule has 0 aliphatic heterocycles. The van der Waals surface area contributed by atoms with Gasteiger partial charge in [0.25, 0.3) is 0 Å². The minimum atomic E-state index is -1.21. The predicted molar refractivity (Wildman–Crippen MR) is 65.5 cm³/mol. The van der Waals surface area contributed by atoms with Crippen LogP contribution < -0.4 is 4.72 Å². The molecule has 0 saturated heterocycles. The molecule has 1 N–H and O–H groups in total. The third-order valence-corrected chi connectivity index (χ3v) is 3.64. The van der Waals surface area contributed by atoms with Crippen LogP contribution in [-0.4, -0.2) is 9.75 Å². The van der Waals surface area contributed by atoms with Crippen molar-refractivity contribution in [3.8, 4) is 0 Å². The largest absolute Gasteiger partial charge is 0.237 e. The summed E-state index contributed by atoms with van der Waals surface area (Å²) in [4.78, 5) is 0.709. The van der Waals surface area contributed by atoms with Crippen LogP contribution in [0.15, 0.2) is 23.1 Å². The fraction of sp³-hybridized carbons (Fsp3) is 0.455. The maximum atomic E-state index is 11.9. The van der Waals surface area contributed by atoms with Crippen molar-refractivity contribution in [2.75, 3.05) is 0 Å². The van der Waals surface area contributed by atoms with Crippen LogP contribution in [0.4, 0.5) is 0 Å². The Labute approximate surface area is 98.6 Å². The molecule has 0 aliphatic rings. The van der Waals surface area contributed by atoms with E-state index in [1.165, 1.54) is 0 Å². The lowest BCUT2D eigenvalue weighted by atomic mass is 10.1. The molecule has 0 fully saturated rings. The number of hydrogen-bond donors (Lipinski definition) is 1. The van der Waals surface area contributed by atoms with Gasteiger partial charge in [0.05, 0.1) is 4.90 Å². The van der Waals surface area contributed by atoms with Gasteiger partial charge >= 0.3 is 0 Å². The number of nitrogens with one attached hydrogen (secondary N) is 1. The molecule has 1 aromatic rings. The van der Waals surface area contributed by atoms with Crippen molar-refractivity contribution in [2.24, 2.45) is 0 Å². The quantitative estimate of drug-likeness (QED) is 0.853. The lowest BCUT2D eigenvalue weighted by molar-refractivity contribution is 0.519. The van der Waals surface area contributed by atoms with E-state index in [0.717, 1.165) is 5.56 Å². The Morgan fingerprint density at radius 1 is 1.33 bits per heavy atom. The summed E-state index contributed by atoms with van der Waals surface area (Å²) in [6.07, 6.45) is 0. The van der Waals surface area contributed by atoms with E-state index in [4.69, 9.17) is 11.6 Å². The molecular weight excluding hydrogens is 230 g/mol. The number of halogens is 1. The molecule has 1 atom stereocenters. The summed E-state index contributed by atoms with van der Waals surface area (Å²) in [6, 6.07) is 5.45. The van der Waals surface area contributed by atoms with Crippen LogP contribution in [0, 0.1) is 6.92 Å². The highest BCUT2D eigenvalue weighted by Crippen LogP contribution is 2.19. The zero-order valence-corrected chi connectivity index (χ0v) is 11.0. The highest BCUT2D eigenvalue weighted by Gasteiger charge is 2.14. The second-order valence-electron chi connectivity index (χ2n) is 4.53. The van der Waals surface area contributed by atoms with E-state index in [9.17, 15) is 4.21 Å². The highest BCUT2D eigenvalue weighted by atomic mass is 35.5. The molecule has 1 rings (SSSR count). The number of rotatable bonds is 2. The summed E-state index contributed by atoms with van der Waals surface area (Å²) in [6.45, 7) is 7.84. The summed E-state index contributed by atoms with van der Waals surface area (Å²) in [5, 5.41) is 0.650. The molecule has 0 saturated carbocycles. The maximum Gasteiger partial charge on any atom is 0.125 e. The van der Waals surface area contributed by atoms with Gasteiger partial charge in [-0.15, -0.1) is 0 Å². The average Bonchev–Trinajstić information content (AvgIpc) is 2.06. The molecule has 0 amide bonds. The summed E-state index contributed by atoms with van der Waals surface area (Å²) >= 11 is 5.97. The lowest BCUT2D eigenvalue weighted by Crippen LogP contribution is -2.37. The van der Waals surface area contributed by atoms with Crippen LogP contribution in [0.3, 0.4) is 0 Å². The van der Waals surface area contributed by atoms with Crippen molar-refractivity contribution >= 4 is 22.6 Å². The molecule has 4 heteroatoms. The summed E-state index contributed by atoms with van der Waals surface area (Å²) in [5.41, 5.74) is 0.815. The van der Waals surface area contributed by atoms with Gasteiger partial charge in [-0.1, -0.05) is 17.7 Å². The van der Waals surface area contributed by atoms with Gasteiger partial charge in [-0.2, -0.15) is 0 Å². The van der Waals surface area contributed by atoms with Crippen molar-refractivity contribution in [2.45, 2.75) is 38.1 Å². The smallest absolute Gasteiger partial charge is 0.125 e. The topological polar surface area (TPSA) is 29.1 Å². The number of aryl methyl sites for hydroxylation is 1. The molecule has 0 heterocycles. The van der Waals surface area contributed by atoms with Gasteiger partial charge in [0.1, 0.15) is 11.0 Å². The zero-order valence-electron chi connectivity index (χ0n) is 9.43. The number of benzene rings is 1. The summed E-state index contributed by atoms with van der Waals surface area (Å²) in [7, 11) is -1.21.